The van der Waals surface area contributed by atoms with Gasteiger partial charge in [0.2, 0.25) is 5.91 Å². The van der Waals surface area contributed by atoms with Crippen molar-refractivity contribution in [3.63, 3.8) is 0 Å². The second-order valence-electron chi connectivity index (χ2n) is 6.09. The van der Waals surface area contributed by atoms with E-state index < -0.39 is 0 Å². The SMILES string of the molecule is COCC1(CNC(=O)Cc2cc(Cl)ccc2OC)CCNCC1. The van der Waals surface area contributed by atoms with Gasteiger partial charge in [0.05, 0.1) is 20.1 Å². The molecule has 1 aromatic rings. The molecule has 5 nitrogen and oxygen atoms in total. The van der Waals surface area contributed by atoms with Crippen LogP contribution in [0.5, 0.6) is 5.75 Å². The average molecular weight is 341 g/mol. The van der Waals surface area contributed by atoms with Crippen LogP contribution in [0.3, 0.4) is 0 Å². The summed E-state index contributed by atoms with van der Waals surface area (Å²) in [7, 11) is 3.30. The van der Waals surface area contributed by atoms with Crippen LogP contribution in [0.2, 0.25) is 5.02 Å². The van der Waals surface area contributed by atoms with Crippen molar-refractivity contribution in [3.8, 4) is 5.75 Å². The average Bonchev–Trinajstić information content (AvgIpc) is 2.55. The van der Waals surface area contributed by atoms with Gasteiger partial charge < -0.3 is 20.1 Å². The Morgan fingerprint density at radius 1 is 1.35 bits per heavy atom. The predicted molar refractivity (Wildman–Crippen MR) is 91.1 cm³/mol. The molecule has 128 valence electrons. The van der Waals surface area contributed by atoms with Crippen molar-refractivity contribution in [2.75, 3.05) is 40.5 Å². The molecule has 0 saturated carbocycles. The molecule has 0 spiro atoms. The van der Waals surface area contributed by atoms with Crippen LogP contribution in [0, 0.1) is 5.41 Å². The van der Waals surface area contributed by atoms with E-state index in [0.717, 1.165) is 31.5 Å². The zero-order valence-electron chi connectivity index (χ0n) is 13.8. The zero-order chi connectivity index (χ0) is 16.7. The van der Waals surface area contributed by atoms with Crippen LogP contribution in [-0.2, 0) is 16.0 Å². The van der Waals surface area contributed by atoms with Crippen LogP contribution < -0.4 is 15.4 Å². The molecule has 1 heterocycles. The topological polar surface area (TPSA) is 59.6 Å². The van der Waals surface area contributed by atoms with E-state index in [9.17, 15) is 4.79 Å². The number of nitrogens with one attached hydrogen (secondary N) is 2. The molecule has 2 N–H and O–H groups in total. The Labute approximate surface area is 142 Å². The molecule has 1 fully saturated rings. The highest BCUT2D eigenvalue weighted by Crippen LogP contribution is 2.28. The number of amides is 1. The molecule has 1 saturated heterocycles. The second kappa shape index (κ2) is 8.52. The van der Waals surface area contributed by atoms with Gasteiger partial charge in [-0.05, 0) is 44.1 Å². The van der Waals surface area contributed by atoms with Crippen molar-refractivity contribution in [1.82, 2.24) is 10.6 Å². The van der Waals surface area contributed by atoms with Crippen molar-refractivity contribution >= 4 is 17.5 Å². The number of piperidine rings is 1. The van der Waals surface area contributed by atoms with Gasteiger partial charge in [-0.1, -0.05) is 11.6 Å². The van der Waals surface area contributed by atoms with Gasteiger partial charge in [-0.2, -0.15) is 0 Å². The lowest BCUT2D eigenvalue weighted by atomic mass is 9.79. The highest BCUT2D eigenvalue weighted by molar-refractivity contribution is 6.30. The van der Waals surface area contributed by atoms with E-state index in [4.69, 9.17) is 21.1 Å². The Morgan fingerprint density at radius 2 is 2.09 bits per heavy atom. The summed E-state index contributed by atoms with van der Waals surface area (Å²) >= 11 is 6.01. The summed E-state index contributed by atoms with van der Waals surface area (Å²) in [4.78, 5) is 12.3. The molecule has 1 amide bonds. The highest BCUT2D eigenvalue weighted by atomic mass is 35.5. The van der Waals surface area contributed by atoms with E-state index in [1.165, 1.54) is 0 Å². The maximum absolute atomic E-state index is 12.3. The summed E-state index contributed by atoms with van der Waals surface area (Å²) in [6, 6.07) is 5.31. The Kier molecular flexibility index (Phi) is 6.69. The largest absolute Gasteiger partial charge is 0.496 e. The lowest BCUT2D eigenvalue weighted by Gasteiger charge is -2.37. The molecule has 23 heavy (non-hydrogen) atoms. The summed E-state index contributed by atoms with van der Waals surface area (Å²) in [6.07, 6.45) is 2.26. The molecular weight excluding hydrogens is 316 g/mol. The number of ether oxygens (including phenoxy) is 2. The fraction of sp³-hybridized carbons (Fsp3) is 0.588. The van der Waals surface area contributed by atoms with Crippen LogP contribution in [0.1, 0.15) is 18.4 Å². The maximum Gasteiger partial charge on any atom is 0.224 e. The number of halogens is 1. The minimum absolute atomic E-state index is 0.0219. The van der Waals surface area contributed by atoms with E-state index in [0.29, 0.717) is 23.9 Å². The molecule has 0 unspecified atom stereocenters. The molecule has 0 radical (unpaired) electrons. The molecule has 0 aromatic heterocycles. The van der Waals surface area contributed by atoms with E-state index in [-0.39, 0.29) is 17.7 Å². The quantitative estimate of drug-likeness (QED) is 0.797. The molecule has 0 atom stereocenters. The van der Waals surface area contributed by atoms with E-state index in [1.807, 2.05) is 0 Å². The fourth-order valence-electron chi connectivity index (χ4n) is 3.04. The van der Waals surface area contributed by atoms with Gasteiger partial charge in [0.25, 0.3) is 0 Å². The first-order valence-corrected chi connectivity index (χ1v) is 8.25. The first-order chi connectivity index (χ1) is 11.1. The van der Waals surface area contributed by atoms with Crippen LogP contribution >= 0.6 is 11.6 Å². The van der Waals surface area contributed by atoms with Crippen molar-refractivity contribution in [1.29, 1.82) is 0 Å². The molecule has 6 heteroatoms. The minimum atomic E-state index is -0.0282. The fourth-order valence-corrected chi connectivity index (χ4v) is 3.24. The molecule has 0 aliphatic carbocycles. The summed E-state index contributed by atoms with van der Waals surface area (Å²) in [5.74, 6) is 0.651. The molecule has 0 bridgehead atoms. The molecule has 1 aliphatic heterocycles. The lowest BCUT2D eigenvalue weighted by Crippen LogP contribution is -2.47. The van der Waals surface area contributed by atoms with Gasteiger partial charge in [0, 0.05) is 29.7 Å². The van der Waals surface area contributed by atoms with Gasteiger partial charge >= 0.3 is 0 Å². The third-order valence-electron chi connectivity index (χ3n) is 4.37. The first kappa shape index (κ1) is 18.0. The molecule has 1 aliphatic rings. The molecular formula is C17H25ClN2O3. The van der Waals surface area contributed by atoms with Gasteiger partial charge in [-0.3, -0.25) is 4.79 Å². The first-order valence-electron chi connectivity index (χ1n) is 7.87. The Bertz CT molecular complexity index is 525. The van der Waals surface area contributed by atoms with E-state index in [2.05, 4.69) is 10.6 Å². The normalized spacial score (nSPS) is 16.8. The lowest BCUT2D eigenvalue weighted by molar-refractivity contribution is -0.121. The number of methoxy groups -OCH3 is 2. The molecule has 1 aromatic carbocycles. The summed E-state index contributed by atoms with van der Waals surface area (Å²) < 4.78 is 10.7. The standard InChI is InChI=1S/C17H25ClN2O3/c1-22-12-17(5-7-19-8-6-17)11-20-16(21)10-13-9-14(18)3-4-15(13)23-2/h3-4,9,19H,5-8,10-12H2,1-2H3,(H,20,21). The van der Waals surface area contributed by atoms with Crippen LogP contribution in [0.25, 0.3) is 0 Å². The molecule has 2 rings (SSSR count). The third kappa shape index (κ3) is 5.09. The van der Waals surface area contributed by atoms with Gasteiger partial charge in [-0.25, -0.2) is 0 Å². The maximum atomic E-state index is 12.3. The van der Waals surface area contributed by atoms with Crippen molar-refractivity contribution in [3.05, 3.63) is 28.8 Å². The number of hydrogen-bond donors (Lipinski definition) is 2. The second-order valence-corrected chi connectivity index (χ2v) is 6.53. The van der Waals surface area contributed by atoms with Crippen LogP contribution in [0.4, 0.5) is 0 Å². The smallest absolute Gasteiger partial charge is 0.224 e. The number of benzene rings is 1. The summed E-state index contributed by atoms with van der Waals surface area (Å²) in [6.45, 7) is 3.21. The predicted octanol–water partition coefficient (Wildman–Crippen LogP) is 2.02. The number of hydrogen-bond acceptors (Lipinski definition) is 4. The Morgan fingerprint density at radius 3 is 2.74 bits per heavy atom. The Hall–Kier alpha value is -1.30. The monoisotopic (exact) mass is 340 g/mol. The van der Waals surface area contributed by atoms with E-state index >= 15 is 0 Å². The number of rotatable bonds is 7. The summed E-state index contributed by atoms with van der Waals surface area (Å²) in [5, 5.41) is 7.00. The number of carbonyl (C=O) groups is 1. The van der Waals surface area contributed by atoms with E-state index in [1.54, 1.807) is 32.4 Å². The van der Waals surface area contributed by atoms with Gasteiger partial charge in [-0.15, -0.1) is 0 Å². The van der Waals surface area contributed by atoms with Crippen molar-refractivity contribution in [2.45, 2.75) is 19.3 Å². The Balaban J connectivity index is 1.95. The highest BCUT2D eigenvalue weighted by Gasteiger charge is 2.32. The van der Waals surface area contributed by atoms with Crippen molar-refractivity contribution in [2.24, 2.45) is 5.41 Å². The van der Waals surface area contributed by atoms with Gasteiger partial charge in [0.15, 0.2) is 0 Å². The minimum Gasteiger partial charge on any atom is -0.496 e. The van der Waals surface area contributed by atoms with Crippen LogP contribution in [0.15, 0.2) is 18.2 Å². The zero-order valence-corrected chi connectivity index (χ0v) is 14.5. The van der Waals surface area contributed by atoms with Gasteiger partial charge in [0.1, 0.15) is 5.75 Å². The van der Waals surface area contributed by atoms with Crippen LogP contribution in [-0.4, -0.2) is 46.4 Å². The summed E-state index contributed by atoms with van der Waals surface area (Å²) in [5.41, 5.74) is 0.817. The van der Waals surface area contributed by atoms with Crippen molar-refractivity contribution < 1.29 is 14.3 Å². The third-order valence-corrected chi connectivity index (χ3v) is 4.60. The number of carbonyl (C=O) groups excluding carboxylic acids is 1.